The number of piperidine rings is 1. The molecule has 1 saturated carbocycles. The number of hydrogen-bond donors (Lipinski definition) is 0. The van der Waals surface area contributed by atoms with Crippen molar-refractivity contribution in [3.63, 3.8) is 0 Å². The summed E-state index contributed by atoms with van der Waals surface area (Å²) in [6.07, 6.45) is 2.22. The summed E-state index contributed by atoms with van der Waals surface area (Å²) < 4.78 is 0. The second kappa shape index (κ2) is 7.61. The Hall–Kier alpha value is -1.90. The van der Waals surface area contributed by atoms with Gasteiger partial charge in [0.25, 0.3) is 0 Å². The number of ketones is 2. The van der Waals surface area contributed by atoms with Crippen LogP contribution in [0.1, 0.15) is 61.3 Å². The maximum atomic E-state index is 13.2. The zero-order chi connectivity index (χ0) is 19.9. The first-order chi connectivity index (χ1) is 12.7. The van der Waals surface area contributed by atoms with Crippen LogP contribution in [-0.2, 0) is 9.59 Å². The van der Waals surface area contributed by atoms with Crippen molar-refractivity contribution in [2.75, 3.05) is 13.1 Å². The van der Waals surface area contributed by atoms with Crippen LogP contribution in [0.5, 0.6) is 0 Å². The highest BCUT2D eigenvalue weighted by Crippen LogP contribution is 2.39. The van der Waals surface area contributed by atoms with Crippen molar-refractivity contribution in [2.24, 2.45) is 17.8 Å². The molecular formula is C24H33NO2. The van der Waals surface area contributed by atoms with Gasteiger partial charge in [-0.3, -0.25) is 9.59 Å². The summed E-state index contributed by atoms with van der Waals surface area (Å²) >= 11 is 0. The lowest BCUT2D eigenvalue weighted by Gasteiger charge is -2.38. The van der Waals surface area contributed by atoms with Crippen LogP contribution in [0.3, 0.4) is 0 Å². The van der Waals surface area contributed by atoms with Gasteiger partial charge in [0, 0.05) is 31.1 Å². The minimum absolute atomic E-state index is 0.0771. The third kappa shape index (κ3) is 4.02. The predicted molar refractivity (Wildman–Crippen MR) is 110 cm³/mol. The number of nitrogens with zero attached hydrogens (tertiary/aromatic N) is 1. The summed E-state index contributed by atoms with van der Waals surface area (Å²) in [5.41, 5.74) is 5.24. The Labute approximate surface area is 163 Å². The molecule has 0 aromatic heterocycles. The molecule has 3 rings (SSSR count). The van der Waals surface area contributed by atoms with E-state index in [4.69, 9.17) is 0 Å². The molecule has 3 heteroatoms. The Kier molecular flexibility index (Phi) is 5.60. The summed E-state index contributed by atoms with van der Waals surface area (Å²) in [5.74, 6) is 0.668. The highest BCUT2D eigenvalue weighted by molar-refractivity contribution is 6.15. The van der Waals surface area contributed by atoms with E-state index in [1.165, 1.54) is 12.0 Å². The molecule has 2 fully saturated rings. The Balaban J connectivity index is 1.76. The normalized spacial score (nSPS) is 28.7. The van der Waals surface area contributed by atoms with Gasteiger partial charge < -0.3 is 4.90 Å². The van der Waals surface area contributed by atoms with Crippen LogP contribution in [0.15, 0.2) is 24.4 Å². The van der Waals surface area contributed by atoms with Crippen LogP contribution in [-0.4, -0.2) is 29.6 Å². The van der Waals surface area contributed by atoms with Gasteiger partial charge in [0.15, 0.2) is 5.78 Å². The fraction of sp³-hybridized carbons (Fsp3) is 0.583. The van der Waals surface area contributed by atoms with Gasteiger partial charge in [0.05, 0.1) is 0 Å². The van der Waals surface area contributed by atoms with Crippen molar-refractivity contribution in [1.82, 2.24) is 4.90 Å². The highest BCUT2D eigenvalue weighted by Gasteiger charge is 2.43. The molecule has 1 heterocycles. The van der Waals surface area contributed by atoms with Gasteiger partial charge in [-0.25, -0.2) is 0 Å². The lowest BCUT2D eigenvalue weighted by atomic mass is 9.86. The molecule has 1 aliphatic carbocycles. The second-order valence-corrected chi connectivity index (χ2v) is 9.14. The Bertz CT molecular complexity index is 746. The van der Waals surface area contributed by atoms with E-state index in [1.807, 2.05) is 13.8 Å². The summed E-state index contributed by atoms with van der Waals surface area (Å²) in [6.45, 7) is 16.9. The molecule has 0 spiro atoms. The summed E-state index contributed by atoms with van der Waals surface area (Å²) in [7, 11) is 0. The molecule has 1 aromatic rings. The van der Waals surface area contributed by atoms with Crippen molar-refractivity contribution in [1.29, 1.82) is 0 Å². The summed E-state index contributed by atoms with van der Waals surface area (Å²) in [5, 5.41) is 0. The van der Waals surface area contributed by atoms with E-state index in [9.17, 15) is 9.59 Å². The number of benzene rings is 1. The van der Waals surface area contributed by atoms with Crippen molar-refractivity contribution in [3.05, 3.63) is 46.7 Å². The number of Topliss-reactive ketones (excluding diaryl/α,β-unsaturated/α-hetero) is 2. The van der Waals surface area contributed by atoms with Crippen LogP contribution in [0.25, 0.3) is 0 Å². The van der Waals surface area contributed by atoms with Crippen LogP contribution in [0.4, 0.5) is 0 Å². The summed E-state index contributed by atoms with van der Waals surface area (Å²) in [4.78, 5) is 28.3. The molecule has 1 aliphatic heterocycles. The van der Waals surface area contributed by atoms with E-state index in [0.717, 1.165) is 35.5 Å². The molecule has 1 aromatic carbocycles. The minimum atomic E-state index is -0.581. The van der Waals surface area contributed by atoms with E-state index in [1.54, 1.807) is 0 Å². The van der Waals surface area contributed by atoms with Crippen LogP contribution >= 0.6 is 0 Å². The molecule has 3 nitrogen and oxygen atoms in total. The molecular weight excluding hydrogens is 334 g/mol. The Morgan fingerprint density at radius 2 is 1.63 bits per heavy atom. The van der Waals surface area contributed by atoms with Crippen molar-refractivity contribution >= 4 is 11.6 Å². The van der Waals surface area contributed by atoms with Gasteiger partial charge in [-0.05, 0) is 62.1 Å². The molecule has 0 amide bonds. The zero-order valence-electron chi connectivity index (χ0n) is 17.5. The van der Waals surface area contributed by atoms with Crippen LogP contribution in [0.2, 0.25) is 0 Å². The number of rotatable bonds is 4. The van der Waals surface area contributed by atoms with E-state index in [-0.39, 0.29) is 17.5 Å². The van der Waals surface area contributed by atoms with Crippen LogP contribution < -0.4 is 0 Å². The smallest absolute Gasteiger partial charge is 0.151 e. The molecule has 0 N–H and O–H groups in total. The average Bonchev–Trinajstić information content (AvgIpc) is 2.81. The number of carbonyl (C=O) groups is 2. The third-order valence-electron chi connectivity index (χ3n) is 6.28. The number of likely N-dealkylation sites (tertiary alicyclic amines) is 1. The highest BCUT2D eigenvalue weighted by atomic mass is 16.2. The van der Waals surface area contributed by atoms with Gasteiger partial charge in [-0.15, -0.1) is 0 Å². The maximum absolute atomic E-state index is 13.2. The number of hydrogen-bond acceptors (Lipinski definition) is 3. The second-order valence-electron chi connectivity index (χ2n) is 9.14. The van der Waals surface area contributed by atoms with Crippen molar-refractivity contribution in [2.45, 2.75) is 59.8 Å². The molecule has 1 saturated heterocycles. The maximum Gasteiger partial charge on any atom is 0.151 e. The average molecular weight is 368 g/mol. The molecule has 4 unspecified atom stereocenters. The lowest BCUT2D eigenvalue weighted by molar-refractivity contribution is -0.124. The predicted octanol–water partition coefficient (Wildman–Crippen LogP) is 4.74. The standard InChI is InChI=1S/C24H33NO2/c1-14-8-17(4)22(18(5)9-14)23-21(26)11-20(24(23)27)10-19(6)25-12-15(2)7-16(3)13-25/h8-9,15-16,20,23H,6-7,10-13H2,1-5H3. The number of allylic oxidation sites excluding steroid dienone is 1. The van der Waals surface area contributed by atoms with E-state index in [2.05, 4.69) is 44.4 Å². The van der Waals surface area contributed by atoms with E-state index < -0.39 is 5.92 Å². The van der Waals surface area contributed by atoms with Crippen molar-refractivity contribution in [3.8, 4) is 0 Å². The summed E-state index contributed by atoms with van der Waals surface area (Å²) in [6, 6.07) is 4.15. The molecule has 146 valence electrons. The SMILES string of the molecule is C=C(CC1CC(=O)C(c2c(C)cc(C)cc2C)C1=O)N1CC(C)CC(C)C1. The van der Waals surface area contributed by atoms with Gasteiger partial charge in [0.1, 0.15) is 11.7 Å². The van der Waals surface area contributed by atoms with Crippen LogP contribution in [0, 0.1) is 38.5 Å². The largest absolute Gasteiger partial charge is 0.375 e. The van der Waals surface area contributed by atoms with Gasteiger partial charge in [0.2, 0.25) is 0 Å². The van der Waals surface area contributed by atoms with Crippen molar-refractivity contribution < 1.29 is 9.59 Å². The lowest BCUT2D eigenvalue weighted by Crippen LogP contribution is -2.38. The Morgan fingerprint density at radius 1 is 1.07 bits per heavy atom. The number of carbonyl (C=O) groups excluding carboxylic acids is 2. The minimum Gasteiger partial charge on any atom is -0.375 e. The first-order valence-electron chi connectivity index (χ1n) is 10.2. The quantitative estimate of drug-likeness (QED) is 0.722. The topological polar surface area (TPSA) is 37.4 Å². The first kappa shape index (κ1) is 19.9. The molecule has 0 bridgehead atoms. The first-order valence-corrected chi connectivity index (χ1v) is 10.2. The van der Waals surface area contributed by atoms with Gasteiger partial charge >= 0.3 is 0 Å². The molecule has 27 heavy (non-hydrogen) atoms. The number of aryl methyl sites for hydroxylation is 3. The third-order valence-corrected chi connectivity index (χ3v) is 6.28. The molecule has 0 radical (unpaired) electrons. The molecule has 4 atom stereocenters. The fourth-order valence-corrected chi connectivity index (χ4v) is 5.31. The zero-order valence-corrected chi connectivity index (χ0v) is 17.5. The van der Waals surface area contributed by atoms with Gasteiger partial charge in [-0.1, -0.05) is 38.1 Å². The Morgan fingerprint density at radius 3 is 2.19 bits per heavy atom. The molecule has 2 aliphatic rings. The monoisotopic (exact) mass is 367 g/mol. The van der Waals surface area contributed by atoms with Gasteiger partial charge in [-0.2, -0.15) is 0 Å². The fourth-order valence-electron chi connectivity index (χ4n) is 5.31. The van der Waals surface area contributed by atoms with E-state index >= 15 is 0 Å². The van der Waals surface area contributed by atoms with E-state index in [0.29, 0.717) is 24.7 Å².